The third-order valence-corrected chi connectivity index (χ3v) is 6.71. The molecule has 0 N–H and O–H groups in total. The molecule has 0 unspecified atom stereocenters. The van der Waals surface area contributed by atoms with E-state index in [4.69, 9.17) is 0 Å². The van der Waals surface area contributed by atoms with Crippen molar-refractivity contribution in [3.8, 4) is 22.3 Å². The van der Waals surface area contributed by atoms with Gasteiger partial charge in [-0.1, -0.05) is 105 Å². The minimum absolute atomic E-state index is 0.318. The molecule has 0 atom stereocenters. The van der Waals surface area contributed by atoms with Crippen LogP contribution in [0.15, 0.2) is 106 Å². The van der Waals surface area contributed by atoms with Gasteiger partial charge in [-0.3, -0.25) is 4.79 Å². The lowest BCUT2D eigenvalue weighted by Crippen LogP contribution is -2.02. The molecule has 1 nitrogen and oxygen atoms in total. The predicted octanol–water partition coefficient (Wildman–Crippen LogP) is 8.68. The van der Waals surface area contributed by atoms with Gasteiger partial charge in [-0.15, -0.1) is 0 Å². The summed E-state index contributed by atoms with van der Waals surface area (Å²) < 4.78 is 2.16. The number of carbonyl (C=O) groups is 1. The zero-order chi connectivity index (χ0) is 22.3. The SMILES string of the molecule is O=C(CCc1ccc(-c2ccc(Br)cc2)cc1)CCc1ccc(-c2ccc(Br)cc2)cc1. The van der Waals surface area contributed by atoms with Crippen LogP contribution in [0.2, 0.25) is 0 Å². The fourth-order valence-electron chi connectivity index (χ4n) is 3.70. The zero-order valence-corrected chi connectivity index (χ0v) is 20.9. The van der Waals surface area contributed by atoms with Crippen molar-refractivity contribution in [2.75, 3.05) is 0 Å². The molecule has 4 aromatic rings. The molecule has 0 spiro atoms. The molecule has 0 amide bonds. The lowest BCUT2D eigenvalue weighted by atomic mass is 9.99. The normalized spacial score (nSPS) is 10.8. The van der Waals surface area contributed by atoms with E-state index in [1.165, 1.54) is 33.4 Å². The molecule has 4 aromatic carbocycles. The van der Waals surface area contributed by atoms with Crippen LogP contribution in [0.25, 0.3) is 22.3 Å². The first-order valence-electron chi connectivity index (χ1n) is 10.8. The van der Waals surface area contributed by atoms with E-state index in [2.05, 4.69) is 129 Å². The smallest absolute Gasteiger partial charge is 0.133 e. The van der Waals surface area contributed by atoms with Crippen LogP contribution in [0.5, 0.6) is 0 Å². The molecule has 0 saturated carbocycles. The summed E-state index contributed by atoms with van der Waals surface area (Å²) in [5.41, 5.74) is 7.19. The van der Waals surface area contributed by atoms with Crippen LogP contribution in [0.1, 0.15) is 24.0 Å². The fraction of sp³-hybridized carbons (Fsp3) is 0.138. The van der Waals surface area contributed by atoms with Gasteiger partial charge in [0.05, 0.1) is 0 Å². The Bertz CT molecular complexity index is 1070. The molecule has 0 heterocycles. The number of carbonyl (C=O) groups excluding carboxylic acids is 1. The highest BCUT2D eigenvalue weighted by atomic mass is 79.9. The van der Waals surface area contributed by atoms with Crippen molar-refractivity contribution in [2.24, 2.45) is 0 Å². The predicted molar refractivity (Wildman–Crippen MR) is 141 cm³/mol. The zero-order valence-electron chi connectivity index (χ0n) is 17.7. The molecule has 0 aliphatic carbocycles. The third kappa shape index (κ3) is 6.27. The maximum Gasteiger partial charge on any atom is 0.133 e. The standard InChI is InChI=1S/C29H24Br2O/c30-27-15-11-25(12-16-27)23-7-1-21(2-8-23)5-19-29(32)20-6-22-3-9-24(10-4-22)26-13-17-28(31)18-14-26/h1-4,7-18H,5-6,19-20H2. The van der Waals surface area contributed by atoms with Gasteiger partial charge in [0.2, 0.25) is 0 Å². The average molecular weight is 548 g/mol. The van der Waals surface area contributed by atoms with E-state index in [9.17, 15) is 4.79 Å². The van der Waals surface area contributed by atoms with Crippen LogP contribution in [0.4, 0.5) is 0 Å². The second-order valence-corrected chi connectivity index (χ2v) is 9.78. The lowest BCUT2D eigenvalue weighted by Gasteiger charge is -2.06. The van der Waals surface area contributed by atoms with Gasteiger partial charge in [-0.25, -0.2) is 0 Å². The van der Waals surface area contributed by atoms with Crippen LogP contribution >= 0.6 is 31.9 Å². The Hall–Kier alpha value is -2.49. The molecule has 3 heteroatoms. The number of aryl methyl sites for hydroxylation is 2. The van der Waals surface area contributed by atoms with Crippen molar-refractivity contribution in [1.82, 2.24) is 0 Å². The second kappa shape index (κ2) is 10.9. The molecule has 32 heavy (non-hydrogen) atoms. The Morgan fingerprint density at radius 3 is 1.06 bits per heavy atom. The lowest BCUT2D eigenvalue weighted by molar-refractivity contribution is -0.119. The van der Waals surface area contributed by atoms with Gasteiger partial charge in [0, 0.05) is 21.8 Å². The van der Waals surface area contributed by atoms with Crippen LogP contribution < -0.4 is 0 Å². The topological polar surface area (TPSA) is 17.1 Å². The Morgan fingerprint density at radius 1 is 0.469 bits per heavy atom. The molecule has 4 rings (SSSR count). The summed E-state index contributed by atoms with van der Waals surface area (Å²) in [6.45, 7) is 0. The van der Waals surface area contributed by atoms with Gasteiger partial charge in [0.15, 0.2) is 0 Å². The average Bonchev–Trinajstić information content (AvgIpc) is 2.83. The Balaban J connectivity index is 1.25. The molecule has 0 saturated heterocycles. The summed E-state index contributed by atoms with van der Waals surface area (Å²) in [7, 11) is 0. The number of hydrogen-bond acceptors (Lipinski definition) is 1. The van der Waals surface area contributed by atoms with E-state index in [0.717, 1.165) is 21.8 Å². The molecule has 160 valence electrons. The van der Waals surface area contributed by atoms with Crippen molar-refractivity contribution in [3.63, 3.8) is 0 Å². The second-order valence-electron chi connectivity index (χ2n) is 7.95. The van der Waals surface area contributed by atoms with E-state index < -0.39 is 0 Å². The van der Waals surface area contributed by atoms with Crippen LogP contribution in [0.3, 0.4) is 0 Å². The fourth-order valence-corrected chi connectivity index (χ4v) is 4.23. The van der Waals surface area contributed by atoms with Crippen molar-refractivity contribution < 1.29 is 4.79 Å². The summed E-state index contributed by atoms with van der Waals surface area (Å²) >= 11 is 6.95. The molecular weight excluding hydrogens is 524 g/mol. The van der Waals surface area contributed by atoms with Gasteiger partial charge in [0.25, 0.3) is 0 Å². The summed E-state index contributed by atoms with van der Waals surface area (Å²) in [5, 5.41) is 0. The highest BCUT2D eigenvalue weighted by Crippen LogP contribution is 2.24. The molecule has 0 aliphatic heterocycles. The number of hydrogen-bond donors (Lipinski definition) is 0. The molecule has 0 radical (unpaired) electrons. The first kappa shape index (κ1) is 22.7. The highest BCUT2D eigenvalue weighted by Gasteiger charge is 2.06. The van der Waals surface area contributed by atoms with Gasteiger partial charge in [0.1, 0.15) is 5.78 Å². The van der Waals surface area contributed by atoms with Gasteiger partial charge in [-0.2, -0.15) is 0 Å². The van der Waals surface area contributed by atoms with E-state index in [1.54, 1.807) is 0 Å². The van der Waals surface area contributed by atoms with Crippen LogP contribution in [-0.2, 0) is 17.6 Å². The summed E-state index contributed by atoms with van der Waals surface area (Å²) in [4.78, 5) is 12.4. The van der Waals surface area contributed by atoms with E-state index >= 15 is 0 Å². The first-order valence-corrected chi connectivity index (χ1v) is 12.4. The highest BCUT2D eigenvalue weighted by molar-refractivity contribution is 9.10. The first-order chi connectivity index (χ1) is 15.6. The molecule has 0 bridgehead atoms. The van der Waals surface area contributed by atoms with E-state index in [0.29, 0.717) is 18.6 Å². The minimum atomic E-state index is 0.318. The summed E-state index contributed by atoms with van der Waals surface area (Å²) in [6.07, 6.45) is 2.77. The van der Waals surface area contributed by atoms with Crippen LogP contribution in [-0.4, -0.2) is 5.78 Å². The number of halogens is 2. The molecule has 0 fully saturated rings. The number of rotatable bonds is 8. The minimum Gasteiger partial charge on any atom is -0.300 e. The Morgan fingerprint density at radius 2 is 0.750 bits per heavy atom. The summed E-state index contributed by atoms with van der Waals surface area (Å²) in [6, 6.07) is 33.7. The molecular formula is C29H24Br2O. The van der Waals surface area contributed by atoms with E-state index in [1.807, 2.05) is 0 Å². The van der Waals surface area contributed by atoms with Gasteiger partial charge in [-0.05, 0) is 70.5 Å². The molecule has 0 aromatic heterocycles. The quantitative estimate of drug-likeness (QED) is 0.215. The van der Waals surface area contributed by atoms with Crippen molar-refractivity contribution in [3.05, 3.63) is 117 Å². The number of ketones is 1. The maximum absolute atomic E-state index is 12.4. The van der Waals surface area contributed by atoms with Crippen molar-refractivity contribution in [2.45, 2.75) is 25.7 Å². The van der Waals surface area contributed by atoms with Gasteiger partial charge >= 0.3 is 0 Å². The van der Waals surface area contributed by atoms with Crippen LogP contribution in [0, 0.1) is 0 Å². The third-order valence-electron chi connectivity index (χ3n) is 5.65. The monoisotopic (exact) mass is 546 g/mol. The van der Waals surface area contributed by atoms with Gasteiger partial charge < -0.3 is 0 Å². The van der Waals surface area contributed by atoms with E-state index in [-0.39, 0.29) is 0 Å². The molecule has 0 aliphatic rings. The van der Waals surface area contributed by atoms with Crippen molar-refractivity contribution >= 4 is 37.6 Å². The Kier molecular flexibility index (Phi) is 7.72. The number of Topliss-reactive ketones (excluding diaryl/α,β-unsaturated/α-hetero) is 1. The summed E-state index contributed by atoms with van der Waals surface area (Å²) in [5.74, 6) is 0.318. The maximum atomic E-state index is 12.4. The Labute approximate surface area is 206 Å². The largest absolute Gasteiger partial charge is 0.300 e. The van der Waals surface area contributed by atoms with Crippen molar-refractivity contribution in [1.29, 1.82) is 0 Å². The number of benzene rings is 4.